The van der Waals surface area contributed by atoms with Crippen molar-refractivity contribution in [3.63, 3.8) is 0 Å². The molecule has 2 rings (SSSR count). The van der Waals surface area contributed by atoms with Gasteiger partial charge in [0.05, 0.1) is 26.9 Å². The van der Waals surface area contributed by atoms with Crippen LogP contribution in [0.2, 0.25) is 0 Å². The Hall–Kier alpha value is -2.62. The van der Waals surface area contributed by atoms with Crippen LogP contribution in [0.3, 0.4) is 0 Å². The number of hydroxylamine groups is 2. The highest BCUT2D eigenvalue weighted by atomic mass is 16.7. The molecule has 1 N–H and O–H groups in total. The summed E-state index contributed by atoms with van der Waals surface area (Å²) in [7, 11) is 1.31. The third kappa shape index (κ3) is 12.3. The molecule has 1 aromatic carbocycles. The van der Waals surface area contributed by atoms with Gasteiger partial charge >= 0.3 is 0 Å². The number of nitrogens with one attached hydrogen (secondary N) is 1. The minimum atomic E-state index is -0.248. The zero-order chi connectivity index (χ0) is 24.3. The number of imide groups is 1. The number of hydrogen-bond donors (Lipinski definition) is 1. The third-order valence-corrected chi connectivity index (χ3v) is 4.79. The predicted octanol–water partition coefficient (Wildman–Crippen LogP) is 2.93. The molecule has 0 unspecified atom stereocenters. The third-order valence-electron chi connectivity index (χ3n) is 4.79. The molecule has 0 aliphatic carbocycles. The van der Waals surface area contributed by atoms with E-state index in [2.05, 4.69) is 17.1 Å². The molecule has 0 aromatic heterocycles. The largest absolute Gasteiger partial charge is 0.379 e. The molecule has 0 atom stereocenters. The first-order chi connectivity index (χ1) is 16.0. The fourth-order valence-corrected chi connectivity index (χ4v) is 2.94. The Morgan fingerprint density at radius 3 is 2.09 bits per heavy atom. The Morgan fingerprint density at radius 2 is 1.55 bits per heavy atom. The van der Waals surface area contributed by atoms with Crippen molar-refractivity contribution in [2.75, 3.05) is 40.1 Å². The summed E-state index contributed by atoms with van der Waals surface area (Å²) >= 11 is 0. The van der Waals surface area contributed by atoms with Gasteiger partial charge in [-0.05, 0) is 18.6 Å². The quantitative estimate of drug-likeness (QED) is 0.241. The van der Waals surface area contributed by atoms with Crippen LogP contribution in [-0.2, 0) is 23.9 Å². The highest BCUT2D eigenvalue weighted by Crippen LogP contribution is 2.10. The molecule has 0 saturated carbocycles. The lowest BCUT2D eigenvalue weighted by Crippen LogP contribution is -2.27. The average molecular weight is 465 g/mol. The van der Waals surface area contributed by atoms with Crippen molar-refractivity contribution in [2.24, 2.45) is 0 Å². The summed E-state index contributed by atoms with van der Waals surface area (Å²) in [5, 5.41) is 3.57. The number of rotatable bonds is 15. The van der Waals surface area contributed by atoms with Gasteiger partial charge in [0.2, 0.25) is 0 Å². The normalized spacial score (nSPS) is 13.0. The van der Waals surface area contributed by atoms with Crippen molar-refractivity contribution in [1.82, 2.24) is 10.4 Å². The molecule has 184 valence electrons. The molecule has 1 aromatic rings. The Balaban J connectivity index is 0.000000502. The molecule has 0 bridgehead atoms. The van der Waals surface area contributed by atoms with Crippen LogP contribution in [0, 0.1) is 0 Å². The summed E-state index contributed by atoms with van der Waals surface area (Å²) in [6.07, 6.45) is 7.51. The van der Waals surface area contributed by atoms with E-state index >= 15 is 0 Å². The summed E-state index contributed by atoms with van der Waals surface area (Å²) in [5.74, 6) is -0.663. The van der Waals surface area contributed by atoms with Crippen LogP contribution in [0.15, 0.2) is 24.3 Å². The molecule has 3 amide bonds. The van der Waals surface area contributed by atoms with Crippen molar-refractivity contribution < 1.29 is 33.5 Å². The van der Waals surface area contributed by atoms with Gasteiger partial charge in [0.1, 0.15) is 6.29 Å². The summed E-state index contributed by atoms with van der Waals surface area (Å²) in [4.78, 5) is 48.1. The van der Waals surface area contributed by atoms with E-state index in [9.17, 15) is 19.2 Å². The molecule has 33 heavy (non-hydrogen) atoms. The second kappa shape index (κ2) is 17.9. The van der Waals surface area contributed by atoms with Gasteiger partial charge in [-0.15, -0.1) is 0 Å². The number of nitrogens with zero attached hydrogens (tertiary/aromatic N) is 1. The van der Waals surface area contributed by atoms with E-state index in [0.717, 1.165) is 24.4 Å². The van der Waals surface area contributed by atoms with E-state index < -0.39 is 0 Å². The molecule has 0 radical (unpaired) electrons. The molecular formula is C24H36N2O7. The van der Waals surface area contributed by atoms with E-state index in [1.807, 2.05) is 0 Å². The van der Waals surface area contributed by atoms with Gasteiger partial charge in [-0.2, -0.15) is 5.06 Å². The zero-order valence-corrected chi connectivity index (χ0v) is 19.7. The summed E-state index contributed by atoms with van der Waals surface area (Å²) in [5.41, 5.74) is 1.09. The fourth-order valence-electron chi connectivity index (χ4n) is 2.94. The van der Waals surface area contributed by atoms with Crippen LogP contribution >= 0.6 is 0 Å². The Morgan fingerprint density at radius 1 is 0.939 bits per heavy atom. The van der Waals surface area contributed by atoms with Crippen molar-refractivity contribution in [2.45, 2.75) is 51.9 Å². The van der Waals surface area contributed by atoms with E-state index in [1.165, 1.54) is 32.8 Å². The summed E-state index contributed by atoms with van der Waals surface area (Å²) in [6.45, 7) is 5.04. The minimum absolute atomic E-state index is 0.167. The highest BCUT2D eigenvalue weighted by Gasteiger charge is 2.28. The number of amides is 3. The SMILES string of the molecule is CCCCCCCOCCOCCNC(=O)c1ccc(C=O)cc1.CON1C(=O)CCC1=O. The predicted molar refractivity (Wildman–Crippen MR) is 123 cm³/mol. The second-order valence-corrected chi connectivity index (χ2v) is 7.40. The van der Waals surface area contributed by atoms with Crippen LogP contribution in [-0.4, -0.2) is 69.2 Å². The van der Waals surface area contributed by atoms with E-state index in [-0.39, 0.29) is 30.6 Å². The molecular weight excluding hydrogens is 428 g/mol. The average Bonchev–Trinajstić information content (AvgIpc) is 3.17. The summed E-state index contributed by atoms with van der Waals surface area (Å²) in [6, 6.07) is 6.51. The number of hydrogen-bond acceptors (Lipinski definition) is 7. The molecule has 0 spiro atoms. The molecule has 1 heterocycles. The number of carbonyl (C=O) groups excluding carboxylic acids is 4. The smallest absolute Gasteiger partial charge is 0.253 e. The van der Waals surface area contributed by atoms with Crippen LogP contribution in [0.25, 0.3) is 0 Å². The molecule has 9 heteroatoms. The van der Waals surface area contributed by atoms with Gasteiger partial charge in [-0.3, -0.25) is 24.0 Å². The number of carbonyl (C=O) groups is 4. The molecule has 9 nitrogen and oxygen atoms in total. The molecule has 1 aliphatic heterocycles. The first-order valence-electron chi connectivity index (χ1n) is 11.4. The lowest BCUT2D eigenvalue weighted by molar-refractivity contribution is -0.179. The van der Waals surface area contributed by atoms with Gasteiger partial charge in [-0.1, -0.05) is 44.7 Å². The van der Waals surface area contributed by atoms with E-state index in [4.69, 9.17) is 9.47 Å². The fraction of sp³-hybridized carbons (Fsp3) is 0.583. The molecule has 1 saturated heterocycles. The van der Waals surface area contributed by atoms with Crippen molar-refractivity contribution in [3.05, 3.63) is 35.4 Å². The molecule has 1 aliphatic rings. The molecule has 1 fully saturated rings. The Bertz CT molecular complexity index is 706. The van der Waals surface area contributed by atoms with Gasteiger partial charge in [0.25, 0.3) is 17.7 Å². The topological polar surface area (TPSA) is 111 Å². The number of unbranched alkanes of at least 4 members (excludes halogenated alkanes) is 4. The lowest BCUT2D eigenvalue weighted by Gasteiger charge is -2.07. The first kappa shape index (κ1) is 28.4. The maximum absolute atomic E-state index is 11.8. The van der Waals surface area contributed by atoms with Crippen molar-refractivity contribution in [1.29, 1.82) is 0 Å². The maximum Gasteiger partial charge on any atom is 0.253 e. The van der Waals surface area contributed by atoms with E-state index in [0.29, 0.717) is 37.5 Å². The number of ether oxygens (including phenoxy) is 2. The highest BCUT2D eigenvalue weighted by molar-refractivity contribution is 6.00. The van der Waals surface area contributed by atoms with E-state index in [1.54, 1.807) is 24.3 Å². The number of aldehydes is 1. The second-order valence-electron chi connectivity index (χ2n) is 7.40. The van der Waals surface area contributed by atoms with Gasteiger partial charge in [-0.25, -0.2) is 0 Å². The standard InChI is InChI=1S/C19H29NO4.C5H7NO3/c1-2-3-4-5-6-12-23-14-15-24-13-11-20-19(22)18-9-7-17(16-21)8-10-18;1-9-6-4(7)2-3-5(6)8/h7-10,16H,2-6,11-15H2,1H3,(H,20,22);2-3H2,1H3. The van der Waals surface area contributed by atoms with Crippen LogP contribution in [0.5, 0.6) is 0 Å². The number of benzene rings is 1. The van der Waals surface area contributed by atoms with Crippen LogP contribution < -0.4 is 5.32 Å². The maximum atomic E-state index is 11.8. The lowest BCUT2D eigenvalue weighted by atomic mass is 10.1. The van der Waals surface area contributed by atoms with Gasteiger partial charge in [0.15, 0.2) is 0 Å². The van der Waals surface area contributed by atoms with Gasteiger partial charge < -0.3 is 14.8 Å². The summed E-state index contributed by atoms with van der Waals surface area (Å²) < 4.78 is 10.9. The minimum Gasteiger partial charge on any atom is -0.379 e. The van der Waals surface area contributed by atoms with Crippen molar-refractivity contribution in [3.8, 4) is 0 Å². The Kier molecular flexibility index (Phi) is 15.4. The van der Waals surface area contributed by atoms with Crippen LogP contribution in [0.1, 0.15) is 72.6 Å². The van der Waals surface area contributed by atoms with Crippen molar-refractivity contribution >= 4 is 24.0 Å². The monoisotopic (exact) mass is 464 g/mol. The van der Waals surface area contributed by atoms with Gasteiger partial charge in [0, 0.05) is 37.1 Å². The Labute approximate surface area is 195 Å². The first-order valence-corrected chi connectivity index (χ1v) is 11.4. The van der Waals surface area contributed by atoms with Crippen LogP contribution in [0.4, 0.5) is 0 Å². The zero-order valence-electron chi connectivity index (χ0n) is 19.7.